The van der Waals surface area contributed by atoms with Crippen LogP contribution in [0.4, 0.5) is 0 Å². The van der Waals surface area contributed by atoms with E-state index in [1.807, 2.05) is 30.4 Å². The standard InChI is InChI=1S/C51H89NO5/c1-4-7-10-13-16-19-22-24-26-28-30-33-36-39-42-47(57-51(56)44-41-38-35-32-29-25-23-20-17-14-11-8-5-2)45-50(55)52-48(46-53)49(54)43-40-37-34-31-27-21-18-15-12-9-6-3/h8,11,14,17,20,23,25-26,28-30,33,47-49,53-54H,4-7,9-10,12-13,15-16,18-19,21-22,24,27,31-32,34-46H2,1-3H3,(H,52,55)/b11-8+,17-14+,23-20-,28-26+,29-25-,33-30+. The van der Waals surface area contributed by atoms with E-state index >= 15 is 0 Å². The molecule has 0 spiro atoms. The van der Waals surface area contributed by atoms with Crippen molar-refractivity contribution in [1.82, 2.24) is 5.32 Å². The Morgan fingerprint density at radius 1 is 0.526 bits per heavy atom. The first kappa shape index (κ1) is 54.3. The Labute approximate surface area is 351 Å². The summed E-state index contributed by atoms with van der Waals surface area (Å²) in [7, 11) is 0. The van der Waals surface area contributed by atoms with Crippen LogP contribution in [0.1, 0.15) is 213 Å². The molecule has 0 radical (unpaired) electrons. The van der Waals surface area contributed by atoms with Crippen LogP contribution in [0.2, 0.25) is 0 Å². The van der Waals surface area contributed by atoms with Crippen molar-refractivity contribution in [2.45, 2.75) is 232 Å². The Morgan fingerprint density at radius 3 is 1.49 bits per heavy atom. The summed E-state index contributed by atoms with van der Waals surface area (Å²) < 4.78 is 5.86. The lowest BCUT2D eigenvalue weighted by Gasteiger charge is -2.24. The number of hydrogen-bond acceptors (Lipinski definition) is 5. The maximum Gasteiger partial charge on any atom is 0.306 e. The number of carbonyl (C=O) groups excluding carboxylic acids is 2. The molecule has 0 bridgehead atoms. The SMILES string of the molecule is CC/C=C/C=C/C=C\C=C/CCCCCC(=O)OC(CCC/C=C/C=C/CCCCCCCCC)CC(=O)NC(CO)C(O)CCCCCCCCCCCCC. The molecule has 0 heterocycles. The van der Waals surface area contributed by atoms with Crippen LogP contribution in [0.25, 0.3) is 0 Å². The highest BCUT2D eigenvalue weighted by Gasteiger charge is 2.24. The van der Waals surface area contributed by atoms with Gasteiger partial charge in [0.1, 0.15) is 6.10 Å². The van der Waals surface area contributed by atoms with Crippen LogP contribution >= 0.6 is 0 Å². The zero-order valence-electron chi connectivity index (χ0n) is 37.2. The molecular weight excluding hydrogens is 707 g/mol. The highest BCUT2D eigenvalue weighted by Crippen LogP contribution is 2.16. The molecule has 0 saturated carbocycles. The molecule has 0 aliphatic heterocycles. The maximum absolute atomic E-state index is 13.1. The molecule has 6 heteroatoms. The van der Waals surface area contributed by atoms with Crippen LogP contribution in [-0.2, 0) is 14.3 Å². The Morgan fingerprint density at radius 2 is 0.965 bits per heavy atom. The van der Waals surface area contributed by atoms with Crippen molar-refractivity contribution in [3.05, 3.63) is 72.9 Å². The largest absolute Gasteiger partial charge is 0.462 e. The normalized spacial score (nSPS) is 14.0. The summed E-state index contributed by atoms with van der Waals surface area (Å²) in [5.41, 5.74) is 0. The van der Waals surface area contributed by atoms with Gasteiger partial charge in [-0.25, -0.2) is 0 Å². The van der Waals surface area contributed by atoms with E-state index in [1.165, 1.54) is 96.3 Å². The molecule has 0 fully saturated rings. The van der Waals surface area contributed by atoms with Crippen molar-refractivity contribution in [2.75, 3.05) is 6.61 Å². The predicted molar refractivity (Wildman–Crippen MR) is 245 cm³/mol. The van der Waals surface area contributed by atoms with E-state index in [2.05, 4.69) is 68.6 Å². The first-order valence-electron chi connectivity index (χ1n) is 23.7. The second kappa shape index (κ2) is 44.4. The van der Waals surface area contributed by atoms with E-state index in [1.54, 1.807) is 0 Å². The van der Waals surface area contributed by atoms with Crippen molar-refractivity contribution in [3.8, 4) is 0 Å². The summed E-state index contributed by atoms with van der Waals surface area (Å²) in [6, 6.07) is -0.725. The Balaban J connectivity index is 4.76. The highest BCUT2D eigenvalue weighted by atomic mass is 16.5. The third kappa shape index (κ3) is 39.9. The Hall–Kier alpha value is -2.70. The van der Waals surface area contributed by atoms with Gasteiger partial charge < -0.3 is 20.3 Å². The van der Waals surface area contributed by atoms with Gasteiger partial charge in [-0.3, -0.25) is 9.59 Å². The zero-order valence-corrected chi connectivity index (χ0v) is 37.2. The van der Waals surface area contributed by atoms with Crippen molar-refractivity contribution in [1.29, 1.82) is 0 Å². The summed E-state index contributed by atoms with van der Waals surface area (Å²) in [6.45, 7) is 6.29. The minimum atomic E-state index is -0.807. The van der Waals surface area contributed by atoms with Crippen LogP contribution < -0.4 is 5.32 Å². The average molecular weight is 796 g/mol. The molecule has 328 valence electrons. The molecule has 3 atom stereocenters. The number of allylic oxidation sites excluding steroid dienone is 12. The molecule has 0 rings (SSSR count). The molecule has 1 amide bonds. The maximum atomic E-state index is 13.1. The van der Waals surface area contributed by atoms with Crippen LogP contribution in [0.5, 0.6) is 0 Å². The lowest BCUT2D eigenvalue weighted by atomic mass is 10.0. The molecule has 0 aliphatic carbocycles. The summed E-state index contributed by atoms with van der Waals surface area (Å²) >= 11 is 0. The van der Waals surface area contributed by atoms with Crippen LogP contribution in [0.15, 0.2) is 72.9 Å². The molecule has 0 aliphatic rings. The number of hydrogen-bond donors (Lipinski definition) is 3. The lowest BCUT2D eigenvalue weighted by molar-refractivity contribution is -0.151. The molecule has 3 unspecified atom stereocenters. The van der Waals surface area contributed by atoms with Crippen LogP contribution in [0, 0.1) is 0 Å². The molecule has 57 heavy (non-hydrogen) atoms. The number of aliphatic hydroxyl groups is 2. The lowest BCUT2D eigenvalue weighted by Crippen LogP contribution is -2.46. The smallest absolute Gasteiger partial charge is 0.306 e. The fourth-order valence-electron chi connectivity index (χ4n) is 6.79. The van der Waals surface area contributed by atoms with Gasteiger partial charge in [0.25, 0.3) is 0 Å². The van der Waals surface area contributed by atoms with Crippen LogP contribution in [0.3, 0.4) is 0 Å². The van der Waals surface area contributed by atoms with E-state index in [-0.39, 0.29) is 24.9 Å². The van der Waals surface area contributed by atoms with Crippen molar-refractivity contribution >= 4 is 11.9 Å². The number of rotatable bonds is 41. The van der Waals surface area contributed by atoms with E-state index in [0.29, 0.717) is 19.3 Å². The van der Waals surface area contributed by atoms with E-state index in [9.17, 15) is 19.8 Å². The Kier molecular flexibility index (Phi) is 42.3. The monoisotopic (exact) mass is 796 g/mol. The number of nitrogens with one attached hydrogen (secondary N) is 1. The molecule has 0 saturated heterocycles. The van der Waals surface area contributed by atoms with Crippen LogP contribution in [-0.4, -0.2) is 46.9 Å². The molecule has 0 aromatic heterocycles. The van der Waals surface area contributed by atoms with E-state index in [4.69, 9.17) is 4.74 Å². The highest BCUT2D eigenvalue weighted by molar-refractivity contribution is 5.77. The molecule has 6 nitrogen and oxygen atoms in total. The van der Waals surface area contributed by atoms with Crippen molar-refractivity contribution in [3.63, 3.8) is 0 Å². The number of unbranched alkanes of at least 4 members (excludes halogenated alkanes) is 21. The van der Waals surface area contributed by atoms with Gasteiger partial charge in [-0.2, -0.15) is 0 Å². The van der Waals surface area contributed by atoms with Gasteiger partial charge in [-0.15, -0.1) is 0 Å². The number of amides is 1. The summed E-state index contributed by atoms with van der Waals surface area (Å²) in [5.74, 6) is -0.573. The molecular formula is C51H89NO5. The van der Waals surface area contributed by atoms with Gasteiger partial charge in [0.2, 0.25) is 5.91 Å². The quantitative estimate of drug-likeness (QED) is 0.0325. The van der Waals surface area contributed by atoms with E-state index in [0.717, 1.165) is 70.6 Å². The predicted octanol–water partition coefficient (Wildman–Crippen LogP) is 13.8. The van der Waals surface area contributed by atoms with E-state index < -0.39 is 18.2 Å². The van der Waals surface area contributed by atoms with Gasteiger partial charge in [0.15, 0.2) is 0 Å². The topological polar surface area (TPSA) is 95.9 Å². The van der Waals surface area contributed by atoms with Gasteiger partial charge in [0.05, 0.1) is 25.2 Å². The number of aliphatic hydroxyl groups excluding tert-OH is 2. The minimum absolute atomic E-state index is 0.0257. The number of esters is 1. The van der Waals surface area contributed by atoms with Gasteiger partial charge in [-0.05, 0) is 64.2 Å². The molecule has 3 N–H and O–H groups in total. The molecule has 0 aromatic carbocycles. The second-order valence-electron chi connectivity index (χ2n) is 15.9. The number of ether oxygens (including phenoxy) is 1. The minimum Gasteiger partial charge on any atom is -0.462 e. The summed E-state index contributed by atoms with van der Waals surface area (Å²) in [4.78, 5) is 26.0. The fraction of sp³-hybridized carbons (Fsp3) is 0.725. The van der Waals surface area contributed by atoms with Gasteiger partial charge in [-0.1, -0.05) is 209 Å². The summed E-state index contributed by atoms with van der Waals surface area (Å²) in [6.07, 6.45) is 55.3. The number of carbonyl (C=O) groups is 2. The summed E-state index contributed by atoms with van der Waals surface area (Å²) in [5, 5.41) is 23.6. The zero-order chi connectivity index (χ0) is 41.7. The fourth-order valence-corrected chi connectivity index (χ4v) is 6.79. The molecule has 0 aromatic rings. The van der Waals surface area contributed by atoms with Gasteiger partial charge in [0, 0.05) is 6.42 Å². The first-order chi connectivity index (χ1) is 28.0. The van der Waals surface area contributed by atoms with Crippen molar-refractivity contribution in [2.24, 2.45) is 0 Å². The second-order valence-corrected chi connectivity index (χ2v) is 15.9. The Bertz CT molecular complexity index is 1070. The van der Waals surface area contributed by atoms with Gasteiger partial charge >= 0.3 is 5.97 Å². The third-order valence-corrected chi connectivity index (χ3v) is 10.4. The average Bonchev–Trinajstić information content (AvgIpc) is 3.20. The third-order valence-electron chi connectivity index (χ3n) is 10.4. The first-order valence-corrected chi connectivity index (χ1v) is 23.7. The van der Waals surface area contributed by atoms with Crippen molar-refractivity contribution < 1.29 is 24.5 Å².